The average molecular weight is 321 g/mol. The van der Waals surface area contributed by atoms with Crippen LogP contribution in [0, 0.1) is 0 Å². The number of aromatic nitrogens is 3. The Balaban J connectivity index is 1.64. The Bertz CT molecular complexity index is 907. The number of nitrogen functional groups attached to an aromatic ring is 1. The lowest BCUT2D eigenvalue weighted by Crippen LogP contribution is -2.24. The van der Waals surface area contributed by atoms with Gasteiger partial charge in [0.05, 0.1) is 5.69 Å². The second-order valence-electron chi connectivity index (χ2n) is 5.90. The number of fused-ring (bicyclic) bond motifs is 2. The number of ether oxygens (including phenoxy) is 2. The SMILES string of the molecule is Nc1ccc(N2C=C3CC4=C(CC3=Cc3nncn32)OCO4)cc1. The van der Waals surface area contributed by atoms with E-state index in [2.05, 4.69) is 22.5 Å². The first-order valence-electron chi connectivity index (χ1n) is 7.72. The molecule has 2 N–H and O–H groups in total. The van der Waals surface area contributed by atoms with Crippen molar-refractivity contribution < 1.29 is 9.47 Å². The zero-order valence-electron chi connectivity index (χ0n) is 12.8. The molecule has 1 aromatic carbocycles. The maximum Gasteiger partial charge on any atom is 0.230 e. The number of rotatable bonds is 1. The van der Waals surface area contributed by atoms with Crippen molar-refractivity contribution in [1.29, 1.82) is 0 Å². The Morgan fingerprint density at radius 3 is 2.54 bits per heavy atom. The second-order valence-corrected chi connectivity index (χ2v) is 5.90. The molecule has 0 atom stereocenters. The number of benzene rings is 1. The summed E-state index contributed by atoms with van der Waals surface area (Å²) in [5, 5.41) is 10.3. The van der Waals surface area contributed by atoms with Crippen molar-refractivity contribution in [2.24, 2.45) is 0 Å². The van der Waals surface area contributed by atoms with Crippen LogP contribution in [-0.4, -0.2) is 21.7 Å². The topological polar surface area (TPSA) is 78.4 Å². The van der Waals surface area contributed by atoms with Gasteiger partial charge in [-0.15, -0.1) is 10.2 Å². The van der Waals surface area contributed by atoms with Crippen LogP contribution in [0.2, 0.25) is 0 Å². The zero-order chi connectivity index (χ0) is 16.1. The molecule has 3 aliphatic rings. The minimum atomic E-state index is 0.309. The Labute approximate surface area is 138 Å². The normalized spacial score (nSPS) is 18.6. The second kappa shape index (κ2) is 4.89. The highest BCUT2D eigenvalue weighted by molar-refractivity contribution is 5.64. The lowest BCUT2D eigenvalue weighted by atomic mass is 9.92. The van der Waals surface area contributed by atoms with E-state index >= 15 is 0 Å². The van der Waals surface area contributed by atoms with Crippen LogP contribution in [0.3, 0.4) is 0 Å². The van der Waals surface area contributed by atoms with Crippen LogP contribution in [0.4, 0.5) is 11.4 Å². The van der Waals surface area contributed by atoms with Gasteiger partial charge >= 0.3 is 0 Å². The first-order valence-corrected chi connectivity index (χ1v) is 7.72. The number of anilines is 2. The molecule has 0 saturated heterocycles. The molecule has 0 bridgehead atoms. The van der Waals surface area contributed by atoms with E-state index in [1.165, 1.54) is 11.1 Å². The summed E-state index contributed by atoms with van der Waals surface area (Å²) in [4.78, 5) is 0. The minimum absolute atomic E-state index is 0.309. The summed E-state index contributed by atoms with van der Waals surface area (Å²) in [5.74, 6) is 2.62. The van der Waals surface area contributed by atoms with Crippen LogP contribution in [0.25, 0.3) is 6.08 Å². The van der Waals surface area contributed by atoms with Crippen LogP contribution in [0.5, 0.6) is 0 Å². The average Bonchev–Trinajstić information content (AvgIpc) is 3.20. The van der Waals surface area contributed by atoms with E-state index in [1.54, 1.807) is 6.33 Å². The minimum Gasteiger partial charge on any atom is -0.458 e. The smallest absolute Gasteiger partial charge is 0.230 e. The maximum absolute atomic E-state index is 5.81. The largest absolute Gasteiger partial charge is 0.458 e. The zero-order valence-corrected chi connectivity index (χ0v) is 12.8. The molecule has 24 heavy (non-hydrogen) atoms. The van der Waals surface area contributed by atoms with Gasteiger partial charge in [0.15, 0.2) is 5.82 Å². The number of hydrogen-bond acceptors (Lipinski definition) is 6. The quantitative estimate of drug-likeness (QED) is 0.813. The van der Waals surface area contributed by atoms with Gasteiger partial charge in [-0.05, 0) is 41.5 Å². The molecule has 0 amide bonds. The highest BCUT2D eigenvalue weighted by Gasteiger charge is 2.29. The molecule has 0 radical (unpaired) electrons. The van der Waals surface area contributed by atoms with Gasteiger partial charge in [-0.25, -0.2) is 4.68 Å². The van der Waals surface area contributed by atoms with Crippen molar-refractivity contribution in [2.75, 3.05) is 17.5 Å². The van der Waals surface area contributed by atoms with Gasteiger partial charge in [-0.1, -0.05) is 0 Å². The first-order chi connectivity index (χ1) is 11.8. The molecular formula is C17H15N5O2. The van der Waals surface area contributed by atoms with E-state index in [0.717, 1.165) is 28.7 Å². The molecule has 0 saturated carbocycles. The molecule has 120 valence electrons. The Morgan fingerprint density at radius 2 is 1.75 bits per heavy atom. The third kappa shape index (κ3) is 1.98. The standard InChI is InChI=1S/C17H15N5O2/c18-13-1-3-14(4-2-13)21-8-12-6-16-15(23-10-24-16)5-11(12)7-17-20-19-9-22(17)21/h1-4,7-9H,5-6,10,18H2. The van der Waals surface area contributed by atoms with E-state index in [9.17, 15) is 0 Å². The Kier molecular flexibility index (Phi) is 2.70. The summed E-state index contributed by atoms with van der Waals surface area (Å²) >= 11 is 0. The van der Waals surface area contributed by atoms with Crippen LogP contribution >= 0.6 is 0 Å². The van der Waals surface area contributed by atoms with Crippen molar-refractivity contribution in [2.45, 2.75) is 12.8 Å². The van der Waals surface area contributed by atoms with E-state index in [1.807, 2.05) is 34.0 Å². The fourth-order valence-corrected chi connectivity index (χ4v) is 3.17. The third-order valence-corrected chi connectivity index (χ3v) is 4.42. The summed E-state index contributed by atoms with van der Waals surface area (Å²) in [6.45, 7) is 0.309. The Hall–Kier alpha value is -3.22. The predicted molar refractivity (Wildman–Crippen MR) is 88.1 cm³/mol. The number of nitrogens with two attached hydrogens (primary N) is 1. The van der Waals surface area contributed by atoms with Crippen LogP contribution in [0.15, 0.2) is 59.5 Å². The molecule has 1 aliphatic carbocycles. The molecule has 1 aromatic heterocycles. The van der Waals surface area contributed by atoms with Crippen LogP contribution < -0.4 is 10.7 Å². The predicted octanol–water partition coefficient (Wildman–Crippen LogP) is 2.42. The number of hydrogen-bond donors (Lipinski definition) is 1. The van der Waals surface area contributed by atoms with Gasteiger partial charge in [0.1, 0.15) is 17.8 Å². The summed E-state index contributed by atoms with van der Waals surface area (Å²) < 4.78 is 13.1. The third-order valence-electron chi connectivity index (χ3n) is 4.42. The molecular weight excluding hydrogens is 306 g/mol. The van der Waals surface area contributed by atoms with Crippen molar-refractivity contribution in [3.8, 4) is 0 Å². The lowest BCUT2D eigenvalue weighted by Gasteiger charge is -2.23. The maximum atomic E-state index is 5.81. The molecule has 2 aliphatic heterocycles. The molecule has 5 rings (SSSR count). The molecule has 0 spiro atoms. The Morgan fingerprint density at radius 1 is 1.00 bits per heavy atom. The number of nitrogens with zero attached hydrogens (tertiary/aromatic N) is 4. The van der Waals surface area contributed by atoms with Crippen molar-refractivity contribution in [3.63, 3.8) is 0 Å². The summed E-state index contributed by atoms with van der Waals surface area (Å²) in [6.07, 6.45) is 7.28. The van der Waals surface area contributed by atoms with Crippen molar-refractivity contribution in [1.82, 2.24) is 14.9 Å². The van der Waals surface area contributed by atoms with Crippen LogP contribution in [-0.2, 0) is 9.47 Å². The molecule has 0 unspecified atom stereocenters. The summed E-state index contributed by atoms with van der Waals surface area (Å²) in [5.41, 5.74) is 9.88. The highest BCUT2D eigenvalue weighted by Crippen LogP contribution is 2.40. The van der Waals surface area contributed by atoms with Gasteiger partial charge < -0.3 is 15.2 Å². The van der Waals surface area contributed by atoms with E-state index < -0.39 is 0 Å². The van der Waals surface area contributed by atoms with E-state index in [4.69, 9.17) is 15.2 Å². The van der Waals surface area contributed by atoms with Gasteiger partial charge in [0.2, 0.25) is 6.79 Å². The van der Waals surface area contributed by atoms with Gasteiger partial charge in [0, 0.05) is 24.7 Å². The van der Waals surface area contributed by atoms with Gasteiger partial charge in [-0.2, -0.15) is 0 Å². The highest BCUT2D eigenvalue weighted by atomic mass is 16.7. The summed E-state index contributed by atoms with van der Waals surface area (Å²) in [7, 11) is 0. The fourth-order valence-electron chi connectivity index (χ4n) is 3.17. The number of allylic oxidation sites excluding steroid dienone is 2. The van der Waals surface area contributed by atoms with E-state index in [-0.39, 0.29) is 0 Å². The molecule has 7 nitrogen and oxygen atoms in total. The van der Waals surface area contributed by atoms with Crippen LogP contribution in [0.1, 0.15) is 18.7 Å². The molecule has 0 fully saturated rings. The lowest BCUT2D eigenvalue weighted by molar-refractivity contribution is 0.0700. The van der Waals surface area contributed by atoms with E-state index in [0.29, 0.717) is 19.6 Å². The fraction of sp³-hybridized carbons (Fsp3) is 0.176. The monoisotopic (exact) mass is 321 g/mol. The first kappa shape index (κ1) is 13.2. The molecule has 2 aromatic rings. The molecule has 3 heterocycles. The summed E-state index contributed by atoms with van der Waals surface area (Å²) in [6, 6.07) is 7.72. The molecule has 7 heteroatoms. The van der Waals surface area contributed by atoms with Crippen molar-refractivity contribution >= 4 is 17.5 Å². The van der Waals surface area contributed by atoms with Gasteiger partial charge in [0.25, 0.3) is 0 Å². The van der Waals surface area contributed by atoms with Gasteiger partial charge in [-0.3, -0.25) is 5.01 Å². The van der Waals surface area contributed by atoms with Crippen molar-refractivity contribution in [3.05, 3.63) is 65.3 Å².